The Labute approximate surface area is 165 Å². The zero-order valence-electron chi connectivity index (χ0n) is 15.0. The number of ether oxygens (including phenoxy) is 1. The molecule has 1 aliphatic rings. The highest BCUT2D eigenvalue weighted by molar-refractivity contribution is 7.98. The van der Waals surface area contributed by atoms with E-state index in [-0.39, 0.29) is 5.56 Å². The van der Waals surface area contributed by atoms with Crippen LogP contribution in [0, 0.1) is 0 Å². The van der Waals surface area contributed by atoms with Gasteiger partial charge >= 0.3 is 0 Å². The van der Waals surface area contributed by atoms with E-state index in [9.17, 15) is 4.79 Å². The molecule has 0 unspecified atom stereocenters. The number of aromatic nitrogens is 3. The van der Waals surface area contributed by atoms with Gasteiger partial charge in [0.1, 0.15) is 5.76 Å². The van der Waals surface area contributed by atoms with Crippen LogP contribution in [0.25, 0.3) is 10.9 Å². The fourth-order valence-corrected chi connectivity index (χ4v) is 4.51. The van der Waals surface area contributed by atoms with E-state index in [1.165, 1.54) is 17.3 Å². The van der Waals surface area contributed by atoms with Crippen LogP contribution in [0.5, 0.6) is 0 Å². The standard InChI is InChI=1S/C19H20ClN3O3S/c1-25-9-8-23-18(24)14-7-6-12(20)10-15(14)21-19(23)27-11-16-13-4-2-3-5-17(13)26-22-16/h6-7,10H,2-5,8-9,11H2,1H3. The first kappa shape index (κ1) is 18.5. The molecule has 1 aromatic carbocycles. The number of halogens is 1. The number of methoxy groups -OCH3 is 1. The second-order valence-corrected chi connectivity index (χ2v) is 7.91. The summed E-state index contributed by atoms with van der Waals surface area (Å²) in [7, 11) is 1.62. The molecule has 3 aromatic rings. The summed E-state index contributed by atoms with van der Waals surface area (Å²) in [5.41, 5.74) is 2.70. The quantitative estimate of drug-likeness (QED) is 0.458. The van der Waals surface area contributed by atoms with Gasteiger partial charge in [-0.3, -0.25) is 9.36 Å². The van der Waals surface area contributed by atoms with Crippen LogP contribution in [-0.4, -0.2) is 28.4 Å². The zero-order valence-corrected chi connectivity index (χ0v) is 16.6. The lowest BCUT2D eigenvalue weighted by molar-refractivity contribution is 0.183. The summed E-state index contributed by atoms with van der Waals surface area (Å²) in [5.74, 6) is 1.62. The van der Waals surface area contributed by atoms with Crippen molar-refractivity contribution >= 4 is 34.3 Å². The molecule has 0 spiro atoms. The molecule has 0 fully saturated rings. The molecule has 0 bridgehead atoms. The van der Waals surface area contributed by atoms with E-state index in [0.29, 0.717) is 40.0 Å². The average molecular weight is 406 g/mol. The topological polar surface area (TPSA) is 70.2 Å². The first-order valence-corrected chi connectivity index (χ1v) is 10.3. The Morgan fingerprint density at radius 1 is 1.33 bits per heavy atom. The molecule has 142 valence electrons. The van der Waals surface area contributed by atoms with Crippen LogP contribution < -0.4 is 5.56 Å². The average Bonchev–Trinajstić information content (AvgIpc) is 3.09. The third-order valence-corrected chi connectivity index (χ3v) is 5.99. The van der Waals surface area contributed by atoms with Gasteiger partial charge in [-0.1, -0.05) is 28.5 Å². The Balaban J connectivity index is 1.68. The van der Waals surface area contributed by atoms with Gasteiger partial charge < -0.3 is 9.26 Å². The Kier molecular flexibility index (Phi) is 5.52. The molecule has 8 heteroatoms. The minimum absolute atomic E-state index is 0.0848. The van der Waals surface area contributed by atoms with Gasteiger partial charge in [0.2, 0.25) is 0 Å². The van der Waals surface area contributed by atoms with Crippen molar-refractivity contribution in [1.29, 1.82) is 0 Å². The number of benzene rings is 1. The van der Waals surface area contributed by atoms with Gasteiger partial charge in [0.25, 0.3) is 5.56 Å². The fraction of sp³-hybridized carbons (Fsp3) is 0.421. The molecule has 0 aliphatic heterocycles. The van der Waals surface area contributed by atoms with Crippen LogP contribution in [0.2, 0.25) is 5.02 Å². The number of fused-ring (bicyclic) bond motifs is 2. The predicted octanol–water partition coefficient (Wildman–Crippen LogP) is 3.86. The molecule has 6 nitrogen and oxygen atoms in total. The van der Waals surface area contributed by atoms with Crippen molar-refractivity contribution in [3.8, 4) is 0 Å². The highest BCUT2D eigenvalue weighted by atomic mass is 35.5. The molecule has 0 amide bonds. The molecular weight excluding hydrogens is 386 g/mol. The summed E-state index contributed by atoms with van der Waals surface area (Å²) in [6.07, 6.45) is 4.28. The lowest BCUT2D eigenvalue weighted by Gasteiger charge is -2.13. The Hall–Kier alpha value is -1.83. The third kappa shape index (κ3) is 3.77. The number of hydrogen-bond donors (Lipinski definition) is 0. The van der Waals surface area contributed by atoms with Crippen molar-refractivity contribution in [3.63, 3.8) is 0 Å². The molecule has 1 aliphatic carbocycles. The maximum absolute atomic E-state index is 12.9. The Bertz CT molecular complexity index is 1030. The molecule has 4 rings (SSSR count). The van der Waals surface area contributed by atoms with Crippen molar-refractivity contribution < 1.29 is 9.26 Å². The van der Waals surface area contributed by atoms with E-state index in [1.807, 2.05) is 0 Å². The molecule has 2 aromatic heterocycles. The Morgan fingerprint density at radius 3 is 3.04 bits per heavy atom. The zero-order chi connectivity index (χ0) is 18.8. The van der Waals surface area contributed by atoms with Crippen LogP contribution in [0.4, 0.5) is 0 Å². The highest BCUT2D eigenvalue weighted by Gasteiger charge is 2.20. The summed E-state index contributed by atoms with van der Waals surface area (Å²) in [6, 6.07) is 5.15. The van der Waals surface area contributed by atoms with Crippen LogP contribution in [0.15, 0.2) is 32.7 Å². The lowest BCUT2D eigenvalue weighted by Crippen LogP contribution is -2.25. The second-order valence-electron chi connectivity index (χ2n) is 6.53. The van der Waals surface area contributed by atoms with Crippen LogP contribution >= 0.6 is 23.4 Å². The minimum atomic E-state index is -0.0848. The number of rotatable bonds is 6. The van der Waals surface area contributed by atoms with E-state index >= 15 is 0 Å². The van der Waals surface area contributed by atoms with Crippen molar-refractivity contribution in [2.24, 2.45) is 0 Å². The normalized spacial score (nSPS) is 13.9. The molecule has 0 radical (unpaired) electrons. The van der Waals surface area contributed by atoms with Crippen LogP contribution in [0.3, 0.4) is 0 Å². The first-order valence-electron chi connectivity index (χ1n) is 8.95. The van der Waals surface area contributed by atoms with Crippen molar-refractivity contribution in [2.75, 3.05) is 13.7 Å². The van der Waals surface area contributed by atoms with Crippen LogP contribution in [-0.2, 0) is 29.9 Å². The van der Waals surface area contributed by atoms with E-state index in [4.69, 9.17) is 20.9 Å². The predicted molar refractivity (Wildman–Crippen MR) is 106 cm³/mol. The van der Waals surface area contributed by atoms with Gasteiger partial charge in [-0.05, 0) is 37.5 Å². The van der Waals surface area contributed by atoms with Gasteiger partial charge in [-0.15, -0.1) is 0 Å². The van der Waals surface area contributed by atoms with Crippen LogP contribution in [0.1, 0.15) is 29.9 Å². The van der Waals surface area contributed by atoms with E-state index in [2.05, 4.69) is 10.1 Å². The minimum Gasteiger partial charge on any atom is -0.383 e. The molecule has 0 atom stereocenters. The maximum Gasteiger partial charge on any atom is 0.262 e. The first-order chi connectivity index (χ1) is 13.2. The van der Waals surface area contributed by atoms with Gasteiger partial charge in [-0.25, -0.2) is 4.98 Å². The fourth-order valence-electron chi connectivity index (χ4n) is 3.36. The summed E-state index contributed by atoms with van der Waals surface area (Å²) in [6.45, 7) is 0.883. The van der Waals surface area contributed by atoms with Gasteiger partial charge in [0.05, 0.1) is 29.7 Å². The SMILES string of the molecule is COCCn1c(SCc2noc3c2CCCC3)nc2cc(Cl)ccc2c1=O. The maximum atomic E-state index is 12.9. The third-order valence-electron chi connectivity index (χ3n) is 4.77. The highest BCUT2D eigenvalue weighted by Crippen LogP contribution is 2.29. The number of hydrogen-bond acceptors (Lipinski definition) is 6. The Morgan fingerprint density at radius 2 is 2.19 bits per heavy atom. The van der Waals surface area contributed by atoms with Gasteiger partial charge in [0.15, 0.2) is 5.16 Å². The molecule has 27 heavy (non-hydrogen) atoms. The monoisotopic (exact) mass is 405 g/mol. The summed E-state index contributed by atoms with van der Waals surface area (Å²) < 4.78 is 12.3. The van der Waals surface area contributed by atoms with Crippen molar-refractivity contribution in [2.45, 2.75) is 43.1 Å². The summed E-state index contributed by atoms with van der Waals surface area (Å²) >= 11 is 7.58. The van der Waals surface area contributed by atoms with Gasteiger partial charge in [-0.2, -0.15) is 0 Å². The van der Waals surface area contributed by atoms with E-state index in [1.54, 1.807) is 29.9 Å². The van der Waals surface area contributed by atoms with E-state index in [0.717, 1.165) is 37.1 Å². The van der Waals surface area contributed by atoms with E-state index < -0.39 is 0 Å². The number of aryl methyl sites for hydroxylation is 1. The summed E-state index contributed by atoms with van der Waals surface area (Å²) in [4.78, 5) is 17.6. The van der Waals surface area contributed by atoms with Gasteiger partial charge in [0, 0.05) is 29.9 Å². The largest absolute Gasteiger partial charge is 0.383 e. The molecule has 0 N–H and O–H groups in total. The van der Waals surface area contributed by atoms with Crippen molar-refractivity contribution in [1.82, 2.24) is 14.7 Å². The molecular formula is C19H20ClN3O3S. The second kappa shape index (κ2) is 8.04. The number of thioether (sulfide) groups is 1. The smallest absolute Gasteiger partial charge is 0.262 e. The molecule has 0 saturated heterocycles. The van der Waals surface area contributed by atoms with Crippen molar-refractivity contribution in [3.05, 3.63) is 50.6 Å². The lowest BCUT2D eigenvalue weighted by atomic mass is 9.97. The number of nitrogens with zero attached hydrogens (tertiary/aromatic N) is 3. The molecule has 2 heterocycles. The summed E-state index contributed by atoms with van der Waals surface area (Å²) in [5, 5.41) is 6.00. The molecule has 0 saturated carbocycles.